The summed E-state index contributed by atoms with van der Waals surface area (Å²) in [6.45, 7) is 0.144. The van der Waals surface area contributed by atoms with Crippen LogP contribution in [-0.2, 0) is 0 Å². The van der Waals surface area contributed by atoms with Gasteiger partial charge in [-0.2, -0.15) is 0 Å². The lowest BCUT2D eigenvalue weighted by Crippen LogP contribution is -2.20. The van der Waals surface area contributed by atoms with Crippen molar-refractivity contribution >= 4 is 5.65 Å². The van der Waals surface area contributed by atoms with Gasteiger partial charge in [-0.25, -0.2) is 4.98 Å². The lowest BCUT2D eigenvalue weighted by atomic mass is 10.1. The van der Waals surface area contributed by atoms with Crippen molar-refractivity contribution in [2.24, 2.45) is 5.11 Å². The number of hydrogen-bond acceptors (Lipinski definition) is 4. The van der Waals surface area contributed by atoms with E-state index in [1.165, 1.54) is 6.20 Å². The number of hydrogen-bond donors (Lipinski definition) is 2. The van der Waals surface area contributed by atoms with Gasteiger partial charge in [0.1, 0.15) is 11.8 Å². The highest BCUT2D eigenvalue weighted by atomic mass is 16.3. The first kappa shape index (κ1) is 12.4. The van der Waals surface area contributed by atoms with E-state index in [-0.39, 0.29) is 13.0 Å². The van der Waals surface area contributed by atoms with E-state index in [1.54, 1.807) is 10.6 Å². The van der Waals surface area contributed by atoms with Crippen molar-refractivity contribution in [2.75, 3.05) is 6.54 Å². The molecule has 0 saturated carbocycles. The molecule has 0 radical (unpaired) electrons. The van der Waals surface area contributed by atoms with Crippen LogP contribution in [-0.4, -0.2) is 32.2 Å². The summed E-state index contributed by atoms with van der Waals surface area (Å²) in [4.78, 5) is 6.72. The number of aliphatic hydroxyl groups is 2. The number of fused-ring (bicyclic) bond motifs is 1. The maximum atomic E-state index is 10.0. The Kier molecular flexibility index (Phi) is 3.78. The summed E-state index contributed by atoms with van der Waals surface area (Å²) < 4.78 is 1.71. The zero-order valence-electron chi connectivity index (χ0n) is 9.59. The fourth-order valence-corrected chi connectivity index (χ4v) is 1.76. The summed E-state index contributed by atoms with van der Waals surface area (Å²) in [6, 6.07) is 5.47. The molecule has 2 atom stereocenters. The molecule has 18 heavy (non-hydrogen) atoms. The molecule has 0 bridgehead atoms. The molecular formula is C11H13N5O2. The average Bonchev–Trinajstić information content (AvgIpc) is 2.82. The van der Waals surface area contributed by atoms with Gasteiger partial charge in [-0.05, 0) is 24.1 Å². The molecule has 0 aliphatic carbocycles. The van der Waals surface area contributed by atoms with Crippen molar-refractivity contribution in [3.8, 4) is 0 Å². The molecule has 2 unspecified atom stereocenters. The van der Waals surface area contributed by atoms with Gasteiger partial charge in [-0.1, -0.05) is 11.2 Å². The van der Waals surface area contributed by atoms with Gasteiger partial charge in [0.25, 0.3) is 0 Å². The standard InChI is InChI=1S/C11H13N5O2/c12-15-14-5-4-9(17)11(18)8-7-13-10-3-1-2-6-16(8)10/h1-3,6-7,9,11,17-18H,4-5H2. The van der Waals surface area contributed by atoms with Crippen molar-refractivity contribution in [1.29, 1.82) is 0 Å². The van der Waals surface area contributed by atoms with Gasteiger partial charge < -0.3 is 14.6 Å². The quantitative estimate of drug-likeness (QED) is 0.474. The Bertz CT molecular complexity index is 576. The zero-order chi connectivity index (χ0) is 13.0. The van der Waals surface area contributed by atoms with Gasteiger partial charge >= 0.3 is 0 Å². The summed E-state index contributed by atoms with van der Waals surface area (Å²) in [5.74, 6) is 0. The second-order valence-electron chi connectivity index (χ2n) is 3.87. The van der Waals surface area contributed by atoms with E-state index in [4.69, 9.17) is 5.53 Å². The van der Waals surface area contributed by atoms with Crippen LogP contribution in [0.15, 0.2) is 35.7 Å². The predicted octanol–water partition coefficient (Wildman–Crippen LogP) is 1.43. The molecule has 0 spiro atoms. The van der Waals surface area contributed by atoms with E-state index in [1.807, 2.05) is 18.2 Å². The molecule has 2 N–H and O–H groups in total. The number of aliphatic hydroxyl groups excluding tert-OH is 2. The number of nitrogens with zero attached hydrogens (tertiary/aromatic N) is 5. The van der Waals surface area contributed by atoms with Crippen LogP contribution < -0.4 is 0 Å². The van der Waals surface area contributed by atoms with Gasteiger partial charge in [0.15, 0.2) is 0 Å². The Morgan fingerprint density at radius 1 is 1.44 bits per heavy atom. The second kappa shape index (κ2) is 5.50. The fraction of sp³-hybridized carbons (Fsp3) is 0.364. The van der Waals surface area contributed by atoms with E-state index in [0.29, 0.717) is 11.3 Å². The molecule has 0 amide bonds. The van der Waals surface area contributed by atoms with Crippen LogP contribution in [0.4, 0.5) is 0 Å². The van der Waals surface area contributed by atoms with Gasteiger partial charge in [0.05, 0.1) is 18.0 Å². The molecule has 0 saturated heterocycles. The molecule has 7 nitrogen and oxygen atoms in total. The third kappa shape index (κ3) is 2.43. The maximum absolute atomic E-state index is 10.0. The highest BCUT2D eigenvalue weighted by Gasteiger charge is 2.21. The topological polar surface area (TPSA) is 107 Å². The summed E-state index contributed by atoms with van der Waals surface area (Å²) in [7, 11) is 0. The summed E-state index contributed by atoms with van der Waals surface area (Å²) >= 11 is 0. The molecule has 0 aliphatic rings. The van der Waals surface area contributed by atoms with Crippen LogP contribution >= 0.6 is 0 Å². The molecular weight excluding hydrogens is 234 g/mol. The molecule has 0 aromatic carbocycles. The van der Waals surface area contributed by atoms with E-state index < -0.39 is 12.2 Å². The van der Waals surface area contributed by atoms with Crippen molar-refractivity contribution in [1.82, 2.24) is 9.38 Å². The minimum atomic E-state index is -1.06. The van der Waals surface area contributed by atoms with Gasteiger partial charge in [0, 0.05) is 17.7 Å². The molecule has 2 heterocycles. The summed E-state index contributed by atoms with van der Waals surface area (Å²) in [5, 5.41) is 23.2. The fourth-order valence-electron chi connectivity index (χ4n) is 1.76. The number of aromatic nitrogens is 2. The highest BCUT2D eigenvalue weighted by Crippen LogP contribution is 2.20. The normalized spacial score (nSPS) is 14.1. The number of rotatable bonds is 5. The van der Waals surface area contributed by atoms with E-state index in [0.717, 1.165) is 0 Å². The first-order valence-corrected chi connectivity index (χ1v) is 5.53. The monoisotopic (exact) mass is 247 g/mol. The number of azide groups is 1. The van der Waals surface area contributed by atoms with Gasteiger partial charge in [0.2, 0.25) is 0 Å². The largest absolute Gasteiger partial charge is 0.390 e. The predicted molar refractivity (Wildman–Crippen MR) is 64.8 cm³/mol. The first-order chi connectivity index (χ1) is 8.74. The summed E-state index contributed by atoms with van der Waals surface area (Å²) in [5.41, 5.74) is 9.36. The minimum absolute atomic E-state index is 0.144. The lowest BCUT2D eigenvalue weighted by molar-refractivity contribution is 0.0120. The first-order valence-electron chi connectivity index (χ1n) is 5.53. The van der Waals surface area contributed by atoms with E-state index in [9.17, 15) is 10.2 Å². The number of imidazole rings is 1. The summed E-state index contributed by atoms with van der Waals surface area (Å²) in [6.07, 6.45) is 1.44. The Morgan fingerprint density at radius 3 is 3.06 bits per heavy atom. The third-order valence-electron chi connectivity index (χ3n) is 2.70. The van der Waals surface area contributed by atoms with Gasteiger partial charge in [-0.15, -0.1) is 0 Å². The number of pyridine rings is 1. The van der Waals surface area contributed by atoms with Crippen LogP contribution in [0.2, 0.25) is 0 Å². The van der Waals surface area contributed by atoms with Crippen LogP contribution in [0.1, 0.15) is 18.2 Å². The average molecular weight is 247 g/mol. The lowest BCUT2D eigenvalue weighted by Gasteiger charge is -2.16. The second-order valence-corrected chi connectivity index (χ2v) is 3.87. The minimum Gasteiger partial charge on any atom is -0.390 e. The van der Waals surface area contributed by atoms with Crippen LogP contribution in [0, 0.1) is 0 Å². The molecule has 0 fully saturated rings. The molecule has 0 aliphatic heterocycles. The Morgan fingerprint density at radius 2 is 2.28 bits per heavy atom. The molecule has 2 aromatic rings. The zero-order valence-corrected chi connectivity index (χ0v) is 9.59. The van der Waals surface area contributed by atoms with E-state index in [2.05, 4.69) is 15.0 Å². The maximum Gasteiger partial charge on any atom is 0.136 e. The molecule has 2 rings (SSSR count). The molecule has 94 valence electrons. The Labute approximate surface area is 103 Å². The van der Waals surface area contributed by atoms with Crippen LogP contribution in [0.5, 0.6) is 0 Å². The van der Waals surface area contributed by atoms with Crippen molar-refractivity contribution < 1.29 is 10.2 Å². The Hall–Kier alpha value is -2.08. The third-order valence-corrected chi connectivity index (χ3v) is 2.70. The SMILES string of the molecule is [N-]=[N+]=NCCC(O)C(O)c1cnc2ccccn12. The molecule has 2 aromatic heterocycles. The van der Waals surface area contributed by atoms with Crippen molar-refractivity contribution in [3.63, 3.8) is 0 Å². The molecule has 7 heteroatoms. The van der Waals surface area contributed by atoms with E-state index >= 15 is 0 Å². The van der Waals surface area contributed by atoms with Crippen LogP contribution in [0.25, 0.3) is 16.1 Å². The smallest absolute Gasteiger partial charge is 0.136 e. The van der Waals surface area contributed by atoms with Gasteiger partial charge in [-0.3, -0.25) is 0 Å². The van der Waals surface area contributed by atoms with Crippen LogP contribution in [0.3, 0.4) is 0 Å². The van der Waals surface area contributed by atoms with Crippen molar-refractivity contribution in [3.05, 3.63) is 46.7 Å². The highest BCUT2D eigenvalue weighted by molar-refractivity contribution is 5.40. The van der Waals surface area contributed by atoms with Crippen molar-refractivity contribution in [2.45, 2.75) is 18.6 Å². The Balaban J connectivity index is 2.17.